The summed E-state index contributed by atoms with van der Waals surface area (Å²) in [6.07, 6.45) is -0.809. The molecule has 0 aromatic heterocycles. The van der Waals surface area contributed by atoms with Gasteiger partial charge in [0, 0.05) is 5.56 Å². The van der Waals surface area contributed by atoms with E-state index in [2.05, 4.69) is 10.9 Å². The van der Waals surface area contributed by atoms with E-state index >= 15 is 0 Å². The second-order valence-electron chi connectivity index (χ2n) is 4.50. The molecule has 2 amide bonds. The summed E-state index contributed by atoms with van der Waals surface area (Å²) in [5.74, 6) is -0.482. The highest BCUT2D eigenvalue weighted by atomic mass is 35.5. The fourth-order valence-electron chi connectivity index (χ4n) is 1.67. The van der Waals surface area contributed by atoms with Crippen molar-refractivity contribution >= 4 is 23.4 Å². The number of benzene rings is 2. The first-order valence-corrected chi connectivity index (χ1v) is 7.02. The van der Waals surface area contributed by atoms with E-state index in [-0.39, 0.29) is 0 Å². The maximum atomic E-state index is 11.9. The third-order valence-corrected chi connectivity index (χ3v) is 3.16. The van der Waals surface area contributed by atoms with Gasteiger partial charge in [-0.2, -0.15) is 0 Å². The minimum Gasteiger partial charge on any atom is -0.479 e. The summed E-state index contributed by atoms with van der Waals surface area (Å²) in [5.41, 5.74) is 5.09. The minimum atomic E-state index is -0.809. The number of ether oxygens (including phenoxy) is 1. The van der Waals surface area contributed by atoms with Crippen LogP contribution in [0.1, 0.15) is 17.3 Å². The molecule has 6 heteroatoms. The lowest BCUT2D eigenvalue weighted by Crippen LogP contribution is -2.47. The standard InChI is InChI=1S/C16H15ClN2O3/c1-11(22-14-10-6-5-9-13(14)17)15(20)18-19-16(21)12-7-3-2-4-8-12/h2-11H,1H3,(H,18,20)(H,19,21)/t11-/m1/s1. The molecule has 1 atom stereocenters. The van der Waals surface area contributed by atoms with Crippen molar-refractivity contribution in [1.29, 1.82) is 0 Å². The van der Waals surface area contributed by atoms with Gasteiger partial charge in [-0.1, -0.05) is 41.9 Å². The topological polar surface area (TPSA) is 67.4 Å². The normalized spacial score (nSPS) is 11.4. The van der Waals surface area contributed by atoms with Gasteiger partial charge in [0.25, 0.3) is 11.8 Å². The SMILES string of the molecule is C[C@@H](Oc1ccccc1Cl)C(=O)NNC(=O)c1ccccc1. The molecule has 0 aliphatic carbocycles. The van der Waals surface area contributed by atoms with Gasteiger partial charge in [0.2, 0.25) is 0 Å². The van der Waals surface area contributed by atoms with Crippen molar-refractivity contribution in [3.63, 3.8) is 0 Å². The van der Waals surface area contributed by atoms with Crippen LogP contribution in [0.4, 0.5) is 0 Å². The summed E-state index contributed by atoms with van der Waals surface area (Å²) in [7, 11) is 0. The van der Waals surface area contributed by atoms with Crippen LogP contribution in [0.15, 0.2) is 54.6 Å². The first-order chi connectivity index (χ1) is 10.6. The summed E-state index contributed by atoms with van der Waals surface area (Å²) < 4.78 is 5.45. The summed E-state index contributed by atoms with van der Waals surface area (Å²) in [4.78, 5) is 23.7. The molecule has 2 aromatic carbocycles. The smallest absolute Gasteiger partial charge is 0.279 e. The monoisotopic (exact) mass is 318 g/mol. The average Bonchev–Trinajstić information content (AvgIpc) is 2.55. The van der Waals surface area contributed by atoms with Gasteiger partial charge in [-0.25, -0.2) is 0 Å². The maximum Gasteiger partial charge on any atom is 0.279 e. The zero-order chi connectivity index (χ0) is 15.9. The van der Waals surface area contributed by atoms with Crippen LogP contribution in [0.2, 0.25) is 5.02 Å². The Morgan fingerprint density at radius 1 is 1.00 bits per heavy atom. The molecule has 0 unspecified atom stereocenters. The molecule has 2 rings (SSSR count). The predicted octanol–water partition coefficient (Wildman–Crippen LogP) is 2.57. The van der Waals surface area contributed by atoms with Gasteiger partial charge in [0.1, 0.15) is 5.75 Å². The number of nitrogens with one attached hydrogen (secondary N) is 2. The number of hydrogen-bond donors (Lipinski definition) is 2. The zero-order valence-corrected chi connectivity index (χ0v) is 12.6. The van der Waals surface area contributed by atoms with Gasteiger partial charge in [0.05, 0.1) is 5.02 Å². The molecule has 0 radical (unpaired) electrons. The lowest BCUT2D eigenvalue weighted by Gasteiger charge is -2.15. The van der Waals surface area contributed by atoms with E-state index in [1.165, 1.54) is 0 Å². The van der Waals surface area contributed by atoms with Gasteiger partial charge in [0.15, 0.2) is 6.10 Å². The number of halogens is 1. The third kappa shape index (κ3) is 4.23. The van der Waals surface area contributed by atoms with Gasteiger partial charge in [-0.05, 0) is 31.2 Å². The van der Waals surface area contributed by atoms with E-state index in [0.29, 0.717) is 16.3 Å². The number of para-hydroxylation sites is 1. The second kappa shape index (κ2) is 7.47. The van der Waals surface area contributed by atoms with Crippen LogP contribution in [0, 0.1) is 0 Å². The largest absolute Gasteiger partial charge is 0.479 e. The first kappa shape index (κ1) is 15.9. The van der Waals surface area contributed by atoms with Crippen molar-refractivity contribution in [1.82, 2.24) is 10.9 Å². The molecule has 0 bridgehead atoms. The van der Waals surface area contributed by atoms with Crippen LogP contribution in [0.5, 0.6) is 5.75 Å². The van der Waals surface area contributed by atoms with E-state index in [1.54, 1.807) is 61.5 Å². The van der Waals surface area contributed by atoms with E-state index in [1.807, 2.05) is 0 Å². The summed E-state index contributed by atoms with van der Waals surface area (Å²) >= 11 is 5.95. The van der Waals surface area contributed by atoms with Crippen molar-refractivity contribution < 1.29 is 14.3 Å². The number of amides is 2. The number of hydrazine groups is 1. The molecule has 2 N–H and O–H groups in total. The van der Waals surface area contributed by atoms with E-state index < -0.39 is 17.9 Å². The number of carbonyl (C=O) groups excluding carboxylic acids is 2. The Bertz CT molecular complexity index is 661. The number of hydrogen-bond acceptors (Lipinski definition) is 3. The van der Waals surface area contributed by atoms with E-state index in [4.69, 9.17) is 16.3 Å². The second-order valence-corrected chi connectivity index (χ2v) is 4.91. The molecule has 0 heterocycles. The fraction of sp³-hybridized carbons (Fsp3) is 0.125. The Hall–Kier alpha value is -2.53. The molecular formula is C16H15ClN2O3. The van der Waals surface area contributed by atoms with Crippen LogP contribution in [-0.2, 0) is 4.79 Å². The molecule has 22 heavy (non-hydrogen) atoms. The lowest BCUT2D eigenvalue weighted by molar-refractivity contribution is -0.128. The molecule has 0 aliphatic heterocycles. The molecule has 0 spiro atoms. The van der Waals surface area contributed by atoms with Gasteiger partial charge in [-0.15, -0.1) is 0 Å². The highest BCUT2D eigenvalue weighted by Crippen LogP contribution is 2.24. The zero-order valence-electron chi connectivity index (χ0n) is 11.9. The molecule has 0 saturated heterocycles. The van der Waals surface area contributed by atoms with Crippen LogP contribution in [-0.4, -0.2) is 17.9 Å². The van der Waals surface area contributed by atoms with E-state index in [9.17, 15) is 9.59 Å². The van der Waals surface area contributed by atoms with Crippen LogP contribution >= 0.6 is 11.6 Å². The van der Waals surface area contributed by atoms with Crippen molar-refractivity contribution in [3.05, 3.63) is 65.2 Å². The van der Waals surface area contributed by atoms with Crippen LogP contribution in [0.3, 0.4) is 0 Å². The summed E-state index contributed by atoms with van der Waals surface area (Å²) in [5, 5.41) is 0.412. The number of rotatable bonds is 4. The molecular weight excluding hydrogens is 304 g/mol. The Kier molecular flexibility index (Phi) is 5.38. The molecule has 0 aliphatic rings. The molecule has 5 nitrogen and oxygen atoms in total. The molecule has 2 aromatic rings. The Morgan fingerprint density at radius 3 is 2.32 bits per heavy atom. The highest BCUT2D eigenvalue weighted by molar-refractivity contribution is 6.32. The maximum absolute atomic E-state index is 11.9. The average molecular weight is 319 g/mol. The lowest BCUT2D eigenvalue weighted by atomic mass is 10.2. The van der Waals surface area contributed by atoms with Crippen LogP contribution in [0.25, 0.3) is 0 Å². The molecule has 114 valence electrons. The Morgan fingerprint density at radius 2 is 1.64 bits per heavy atom. The fourth-order valence-corrected chi connectivity index (χ4v) is 1.85. The predicted molar refractivity (Wildman–Crippen MR) is 83.6 cm³/mol. The molecule has 0 saturated carbocycles. The van der Waals surface area contributed by atoms with Crippen LogP contribution < -0.4 is 15.6 Å². The Balaban J connectivity index is 1.87. The van der Waals surface area contributed by atoms with Crippen molar-refractivity contribution in [2.24, 2.45) is 0 Å². The summed E-state index contributed by atoms with van der Waals surface area (Å²) in [6.45, 7) is 1.56. The minimum absolute atomic E-state index is 0.404. The van der Waals surface area contributed by atoms with Crippen molar-refractivity contribution in [2.75, 3.05) is 0 Å². The molecule has 0 fully saturated rings. The quantitative estimate of drug-likeness (QED) is 0.851. The van der Waals surface area contributed by atoms with Gasteiger partial charge >= 0.3 is 0 Å². The highest BCUT2D eigenvalue weighted by Gasteiger charge is 2.16. The summed E-state index contributed by atoms with van der Waals surface area (Å²) in [6, 6.07) is 15.4. The van der Waals surface area contributed by atoms with Gasteiger partial charge < -0.3 is 4.74 Å². The van der Waals surface area contributed by atoms with Gasteiger partial charge in [-0.3, -0.25) is 20.4 Å². The first-order valence-electron chi connectivity index (χ1n) is 6.64. The van der Waals surface area contributed by atoms with E-state index in [0.717, 1.165) is 0 Å². The Labute approximate surface area is 133 Å². The number of carbonyl (C=O) groups is 2. The third-order valence-electron chi connectivity index (χ3n) is 2.84. The van der Waals surface area contributed by atoms with Crippen molar-refractivity contribution in [2.45, 2.75) is 13.0 Å². The van der Waals surface area contributed by atoms with Crippen molar-refractivity contribution in [3.8, 4) is 5.75 Å².